The van der Waals surface area contributed by atoms with Crippen molar-refractivity contribution in [2.75, 3.05) is 6.54 Å². The van der Waals surface area contributed by atoms with Crippen LogP contribution in [-0.4, -0.2) is 26.9 Å². The van der Waals surface area contributed by atoms with Crippen LogP contribution in [0.4, 0.5) is 0 Å². The third kappa shape index (κ3) is 1.62. The van der Waals surface area contributed by atoms with Gasteiger partial charge in [-0.2, -0.15) is 10.2 Å². The molecule has 72 valence electrons. The lowest BCUT2D eigenvalue weighted by atomic mass is 10.1. The van der Waals surface area contributed by atoms with E-state index in [0.717, 1.165) is 23.4 Å². The van der Waals surface area contributed by atoms with Crippen LogP contribution in [0.15, 0.2) is 24.5 Å². The van der Waals surface area contributed by atoms with Gasteiger partial charge in [-0.1, -0.05) is 0 Å². The molecular formula is C9H11N5. The fourth-order valence-corrected chi connectivity index (χ4v) is 1.31. The minimum atomic E-state index is 0.604. The van der Waals surface area contributed by atoms with Crippen molar-refractivity contribution < 1.29 is 0 Å². The van der Waals surface area contributed by atoms with Crippen LogP contribution < -0.4 is 5.73 Å². The topological polar surface area (TPSA) is 80.5 Å². The number of hydrogen-bond acceptors (Lipinski definition) is 4. The summed E-state index contributed by atoms with van der Waals surface area (Å²) >= 11 is 0. The van der Waals surface area contributed by atoms with Crippen LogP contribution in [0.3, 0.4) is 0 Å². The van der Waals surface area contributed by atoms with Crippen molar-refractivity contribution in [3.8, 4) is 11.4 Å². The molecule has 0 aliphatic heterocycles. The van der Waals surface area contributed by atoms with E-state index < -0.39 is 0 Å². The van der Waals surface area contributed by atoms with E-state index in [1.807, 2.05) is 12.1 Å². The first-order valence-electron chi connectivity index (χ1n) is 4.42. The summed E-state index contributed by atoms with van der Waals surface area (Å²) in [5, 5.41) is 14.7. The van der Waals surface area contributed by atoms with Crippen molar-refractivity contribution in [1.82, 2.24) is 20.4 Å². The van der Waals surface area contributed by atoms with E-state index in [-0.39, 0.29) is 0 Å². The zero-order valence-corrected chi connectivity index (χ0v) is 7.64. The van der Waals surface area contributed by atoms with Crippen molar-refractivity contribution in [3.63, 3.8) is 0 Å². The van der Waals surface area contributed by atoms with Gasteiger partial charge in [-0.15, -0.1) is 5.10 Å². The Hall–Kier alpha value is -1.75. The maximum Gasteiger partial charge on any atom is 0.111 e. The fraction of sp³-hybridized carbons (Fsp3) is 0.222. The number of nitrogens with two attached hydrogens (primary N) is 1. The molecule has 3 N–H and O–H groups in total. The number of aromatic nitrogens is 4. The van der Waals surface area contributed by atoms with Crippen molar-refractivity contribution in [3.05, 3.63) is 30.1 Å². The van der Waals surface area contributed by atoms with Crippen LogP contribution in [0.25, 0.3) is 11.4 Å². The first-order chi connectivity index (χ1) is 6.92. The van der Waals surface area contributed by atoms with Gasteiger partial charge in [-0.3, -0.25) is 5.10 Å². The van der Waals surface area contributed by atoms with Gasteiger partial charge in [0.05, 0.1) is 11.9 Å². The van der Waals surface area contributed by atoms with Gasteiger partial charge in [0, 0.05) is 11.8 Å². The SMILES string of the molecule is NCCc1cn[nH]c1-c1cccnn1. The molecular weight excluding hydrogens is 178 g/mol. The number of aromatic amines is 1. The summed E-state index contributed by atoms with van der Waals surface area (Å²) in [5.41, 5.74) is 8.27. The molecule has 0 spiro atoms. The average molecular weight is 189 g/mol. The maximum absolute atomic E-state index is 5.49. The molecule has 0 fully saturated rings. The molecule has 2 rings (SSSR count). The molecule has 0 atom stereocenters. The van der Waals surface area contributed by atoms with Crippen molar-refractivity contribution >= 4 is 0 Å². The Labute approximate surface area is 81.4 Å². The lowest BCUT2D eigenvalue weighted by Crippen LogP contribution is -2.03. The quantitative estimate of drug-likeness (QED) is 0.730. The minimum Gasteiger partial charge on any atom is -0.330 e. The molecule has 0 aromatic carbocycles. The van der Waals surface area contributed by atoms with Crippen molar-refractivity contribution in [2.24, 2.45) is 5.73 Å². The van der Waals surface area contributed by atoms with Crippen LogP contribution in [0.2, 0.25) is 0 Å². The van der Waals surface area contributed by atoms with Crippen LogP contribution in [0, 0.1) is 0 Å². The van der Waals surface area contributed by atoms with Gasteiger partial charge in [-0.05, 0) is 25.1 Å². The molecule has 2 aromatic heterocycles. The summed E-state index contributed by atoms with van der Waals surface area (Å²) in [6.07, 6.45) is 4.21. The van der Waals surface area contributed by atoms with Gasteiger partial charge in [0.25, 0.3) is 0 Å². The Morgan fingerprint density at radius 3 is 3.07 bits per heavy atom. The minimum absolute atomic E-state index is 0.604. The summed E-state index contributed by atoms with van der Waals surface area (Å²) in [7, 11) is 0. The standard InChI is InChI=1S/C9H11N5/c10-4-3-7-6-12-14-9(7)8-2-1-5-11-13-8/h1-2,5-6H,3-4,10H2,(H,12,14). The largest absolute Gasteiger partial charge is 0.330 e. The zero-order chi connectivity index (χ0) is 9.80. The van der Waals surface area contributed by atoms with E-state index in [4.69, 9.17) is 5.73 Å². The molecule has 5 nitrogen and oxygen atoms in total. The lowest BCUT2D eigenvalue weighted by Gasteiger charge is -1.98. The Balaban J connectivity index is 2.37. The average Bonchev–Trinajstić information content (AvgIpc) is 2.68. The molecule has 0 amide bonds. The highest BCUT2D eigenvalue weighted by Crippen LogP contribution is 2.17. The molecule has 0 saturated carbocycles. The first-order valence-corrected chi connectivity index (χ1v) is 4.42. The normalized spacial score (nSPS) is 10.4. The van der Waals surface area contributed by atoms with Crippen molar-refractivity contribution in [1.29, 1.82) is 0 Å². The van der Waals surface area contributed by atoms with E-state index >= 15 is 0 Å². The smallest absolute Gasteiger partial charge is 0.111 e. The Bertz CT molecular complexity index is 395. The van der Waals surface area contributed by atoms with Crippen LogP contribution >= 0.6 is 0 Å². The Kier molecular flexibility index (Phi) is 2.51. The summed E-state index contributed by atoms with van der Waals surface area (Å²) in [6, 6.07) is 3.73. The second kappa shape index (κ2) is 3.97. The number of rotatable bonds is 3. The highest BCUT2D eigenvalue weighted by atomic mass is 15.1. The number of nitrogens with zero attached hydrogens (tertiary/aromatic N) is 3. The maximum atomic E-state index is 5.49. The monoisotopic (exact) mass is 189 g/mol. The predicted molar refractivity (Wildman–Crippen MR) is 52.4 cm³/mol. The van der Waals surface area contributed by atoms with Crippen LogP contribution in [0.1, 0.15) is 5.56 Å². The lowest BCUT2D eigenvalue weighted by molar-refractivity contribution is 0.964. The zero-order valence-electron chi connectivity index (χ0n) is 7.64. The van der Waals surface area contributed by atoms with Gasteiger partial charge >= 0.3 is 0 Å². The van der Waals surface area contributed by atoms with Gasteiger partial charge in [0.2, 0.25) is 0 Å². The molecule has 0 unspecified atom stereocenters. The third-order valence-corrected chi connectivity index (χ3v) is 1.96. The predicted octanol–water partition coefficient (Wildman–Crippen LogP) is 0.368. The fourth-order valence-electron chi connectivity index (χ4n) is 1.31. The Morgan fingerprint density at radius 1 is 1.43 bits per heavy atom. The second-order valence-corrected chi connectivity index (χ2v) is 2.92. The summed E-state index contributed by atoms with van der Waals surface area (Å²) in [4.78, 5) is 0. The second-order valence-electron chi connectivity index (χ2n) is 2.92. The number of H-pyrrole nitrogens is 1. The highest BCUT2D eigenvalue weighted by Gasteiger charge is 2.07. The summed E-state index contributed by atoms with van der Waals surface area (Å²) in [5.74, 6) is 0. The highest BCUT2D eigenvalue weighted by molar-refractivity contribution is 5.57. The van der Waals surface area contributed by atoms with Gasteiger partial charge < -0.3 is 5.73 Å². The van der Waals surface area contributed by atoms with Gasteiger partial charge in [0.15, 0.2) is 0 Å². The van der Waals surface area contributed by atoms with Crippen molar-refractivity contribution in [2.45, 2.75) is 6.42 Å². The molecule has 2 heterocycles. The van der Waals surface area contributed by atoms with Gasteiger partial charge in [-0.25, -0.2) is 0 Å². The number of hydrogen-bond donors (Lipinski definition) is 2. The molecule has 2 aromatic rings. The molecule has 0 bridgehead atoms. The summed E-state index contributed by atoms with van der Waals surface area (Å²) in [6.45, 7) is 0.604. The molecule has 5 heteroatoms. The molecule has 14 heavy (non-hydrogen) atoms. The van der Waals surface area contributed by atoms with Crippen LogP contribution in [-0.2, 0) is 6.42 Å². The Morgan fingerprint density at radius 2 is 2.36 bits per heavy atom. The summed E-state index contributed by atoms with van der Waals surface area (Å²) < 4.78 is 0. The molecule has 0 aliphatic carbocycles. The molecule has 0 aliphatic rings. The third-order valence-electron chi connectivity index (χ3n) is 1.96. The first kappa shape index (κ1) is 8.83. The van der Waals surface area contributed by atoms with E-state index in [2.05, 4.69) is 20.4 Å². The van der Waals surface area contributed by atoms with Crippen LogP contribution in [0.5, 0.6) is 0 Å². The van der Waals surface area contributed by atoms with E-state index in [9.17, 15) is 0 Å². The van der Waals surface area contributed by atoms with E-state index in [1.165, 1.54) is 0 Å². The van der Waals surface area contributed by atoms with E-state index in [1.54, 1.807) is 12.4 Å². The van der Waals surface area contributed by atoms with Gasteiger partial charge in [0.1, 0.15) is 5.69 Å². The number of nitrogens with one attached hydrogen (secondary N) is 1. The molecule has 0 saturated heterocycles. The molecule has 0 radical (unpaired) electrons. The van der Waals surface area contributed by atoms with E-state index in [0.29, 0.717) is 6.54 Å².